The van der Waals surface area contributed by atoms with Crippen molar-refractivity contribution in [3.63, 3.8) is 0 Å². The molecule has 6 unspecified atom stereocenters. The first-order valence-corrected chi connectivity index (χ1v) is 11.5. The van der Waals surface area contributed by atoms with Crippen LogP contribution in [0.1, 0.15) is 16.8 Å². The fourth-order valence-electron chi connectivity index (χ4n) is 5.92. The van der Waals surface area contributed by atoms with Crippen LogP contribution in [0.25, 0.3) is 0 Å². The number of benzene rings is 2. The van der Waals surface area contributed by atoms with Crippen molar-refractivity contribution in [2.45, 2.75) is 6.42 Å². The molecule has 7 rings (SSSR count). The molecule has 156 valence electrons. The normalized spacial score (nSPS) is 32.1. The minimum atomic E-state index is -0.258. The summed E-state index contributed by atoms with van der Waals surface area (Å²) in [5.41, 5.74) is 1.17. The van der Waals surface area contributed by atoms with Crippen LogP contribution in [0.3, 0.4) is 0 Å². The van der Waals surface area contributed by atoms with Crippen molar-refractivity contribution in [1.29, 1.82) is 0 Å². The van der Waals surface area contributed by atoms with Crippen LogP contribution in [0.2, 0.25) is 0 Å². The molecule has 6 heteroatoms. The second-order valence-corrected chi connectivity index (χ2v) is 9.89. The number of allylic oxidation sites excluding steroid dienone is 2. The molecule has 2 bridgehead atoms. The molecule has 0 N–H and O–H groups in total. The number of nitrogens with zero attached hydrogens (tertiary/aromatic N) is 2. The Bertz CT molecular complexity index is 1080. The van der Waals surface area contributed by atoms with Crippen LogP contribution >= 0.6 is 15.9 Å². The van der Waals surface area contributed by atoms with Crippen LogP contribution in [-0.2, 0) is 9.59 Å². The molecule has 5 aliphatic rings. The standard InChI is InChI=1S/C25H21BrN2O3/c26-15-8-6-14(7-9-15)23(29)27(16-4-2-1-3-5-16)13-28-24(30)21-17-10-11-18(20-12-19(17)20)22(21)25(28)31/h1-11,17-22H,12-13H2. The molecule has 0 spiro atoms. The van der Waals surface area contributed by atoms with Gasteiger partial charge in [0.2, 0.25) is 11.8 Å². The van der Waals surface area contributed by atoms with Gasteiger partial charge >= 0.3 is 0 Å². The molecule has 1 heterocycles. The maximum absolute atomic E-state index is 13.4. The summed E-state index contributed by atoms with van der Waals surface area (Å²) in [6.45, 7) is -0.0572. The highest BCUT2D eigenvalue weighted by molar-refractivity contribution is 9.10. The summed E-state index contributed by atoms with van der Waals surface area (Å²) >= 11 is 3.40. The number of para-hydroxylation sites is 1. The molecule has 3 amide bonds. The highest BCUT2D eigenvalue weighted by atomic mass is 79.9. The van der Waals surface area contributed by atoms with E-state index < -0.39 is 0 Å². The average Bonchev–Trinajstić information content (AvgIpc) is 3.58. The van der Waals surface area contributed by atoms with Gasteiger partial charge in [0, 0.05) is 15.7 Å². The maximum Gasteiger partial charge on any atom is 0.259 e. The smallest absolute Gasteiger partial charge is 0.259 e. The first-order valence-electron chi connectivity index (χ1n) is 10.7. The summed E-state index contributed by atoms with van der Waals surface area (Å²) in [5, 5.41) is 0. The molecular weight excluding hydrogens is 456 g/mol. The Kier molecular flexibility index (Phi) is 4.22. The number of anilines is 1. The van der Waals surface area contributed by atoms with Gasteiger partial charge in [-0.15, -0.1) is 0 Å². The van der Waals surface area contributed by atoms with E-state index >= 15 is 0 Å². The lowest BCUT2D eigenvalue weighted by atomic mass is 9.63. The van der Waals surface area contributed by atoms with E-state index in [1.54, 1.807) is 12.1 Å². The summed E-state index contributed by atoms with van der Waals surface area (Å²) in [7, 11) is 0. The minimum Gasteiger partial charge on any atom is -0.290 e. The van der Waals surface area contributed by atoms with Gasteiger partial charge in [0.15, 0.2) is 0 Å². The average molecular weight is 477 g/mol. The number of carbonyl (C=O) groups excluding carboxylic acids is 3. The molecule has 0 aromatic heterocycles. The van der Waals surface area contributed by atoms with E-state index in [0.717, 1.165) is 10.9 Å². The number of rotatable bonds is 4. The number of likely N-dealkylation sites (tertiary alicyclic amines) is 1. The summed E-state index contributed by atoms with van der Waals surface area (Å²) in [4.78, 5) is 43.1. The van der Waals surface area contributed by atoms with Gasteiger partial charge in [0.1, 0.15) is 6.67 Å². The lowest BCUT2D eigenvalue weighted by Crippen LogP contribution is -2.45. The predicted molar refractivity (Wildman–Crippen MR) is 119 cm³/mol. The van der Waals surface area contributed by atoms with Crippen LogP contribution < -0.4 is 4.90 Å². The van der Waals surface area contributed by atoms with Gasteiger partial charge in [-0.3, -0.25) is 24.2 Å². The van der Waals surface area contributed by atoms with E-state index in [9.17, 15) is 14.4 Å². The molecule has 31 heavy (non-hydrogen) atoms. The van der Waals surface area contributed by atoms with Crippen molar-refractivity contribution in [2.75, 3.05) is 11.6 Å². The Morgan fingerprint density at radius 2 is 1.48 bits per heavy atom. The van der Waals surface area contributed by atoms with Gasteiger partial charge in [-0.1, -0.05) is 46.3 Å². The molecule has 2 saturated carbocycles. The van der Waals surface area contributed by atoms with E-state index in [1.165, 1.54) is 9.80 Å². The molecule has 2 aromatic carbocycles. The Hall–Kier alpha value is -2.73. The summed E-state index contributed by atoms with van der Waals surface area (Å²) in [5.74, 6) is 0.470. The molecule has 5 nitrogen and oxygen atoms in total. The molecule has 4 aliphatic carbocycles. The van der Waals surface area contributed by atoms with E-state index in [0.29, 0.717) is 23.1 Å². The zero-order valence-electron chi connectivity index (χ0n) is 16.7. The monoisotopic (exact) mass is 476 g/mol. The van der Waals surface area contributed by atoms with Crippen molar-refractivity contribution in [3.05, 3.63) is 76.8 Å². The third-order valence-electron chi connectivity index (χ3n) is 7.44. The quantitative estimate of drug-likeness (QED) is 0.492. The molecule has 1 saturated heterocycles. The predicted octanol–water partition coefficient (Wildman–Crippen LogP) is 4.11. The SMILES string of the molecule is O=C1C2C3C=CC(C4CC34)C2C(=O)N1CN(C(=O)c1ccc(Br)cc1)c1ccccc1. The number of hydrogen-bond acceptors (Lipinski definition) is 3. The fourth-order valence-corrected chi connectivity index (χ4v) is 6.18. The molecule has 1 aliphatic heterocycles. The second-order valence-electron chi connectivity index (χ2n) is 8.98. The Morgan fingerprint density at radius 1 is 0.903 bits per heavy atom. The van der Waals surface area contributed by atoms with Crippen molar-refractivity contribution >= 4 is 39.3 Å². The van der Waals surface area contributed by atoms with Crippen molar-refractivity contribution in [2.24, 2.45) is 35.5 Å². The van der Waals surface area contributed by atoms with Gasteiger partial charge < -0.3 is 0 Å². The first kappa shape index (κ1) is 19.0. The van der Waals surface area contributed by atoms with Gasteiger partial charge in [0.05, 0.1) is 11.8 Å². The lowest BCUT2D eigenvalue weighted by Gasteiger charge is -2.37. The van der Waals surface area contributed by atoms with Crippen LogP contribution in [0, 0.1) is 35.5 Å². The Morgan fingerprint density at radius 3 is 2.06 bits per heavy atom. The van der Waals surface area contributed by atoms with Crippen molar-refractivity contribution in [3.8, 4) is 0 Å². The molecule has 6 atom stereocenters. The fraction of sp³-hybridized carbons (Fsp3) is 0.320. The van der Waals surface area contributed by atoms with Gasteiger partial charge in [0.25, 0.3) is 5.91 Å². The third kappa shape index (κ3) is 2.84. The van der Waals surface area contributed by atoms with Gasteiger partial charge in [-0.05, 0) is 66.5 Å². The number of imide groups is 1. The molecule has 0 radical (unpaired) electrons. The van der Waals surface area contributed by atoms with Gasteiger partial charge in [-0.25, -0.2) is 0 Å². The zero-order chi connectivity index (χ0) is 21.3. The van der Waals surface area contributed by atoms with E-state index in [2.05, 4.69) is 28.1 Å². The third-order valence-corrected chi connectivity index (χ3v) is 7.97. The topological polar surface area (TPSA) is 57.7 Å². The Balaban J connectivity index is 1.33. The van der Waals surface area contributed by atoms with E-state index in [-0.39, 0.29) is 48.1 Å². The van der Waals surface area contributed by atoms with Crippen molar-refractivity contribution < 1.29 is 14.4 Å². The maximum atomic E-state index is 13.4. The first-order chi connectivity index (χ1) is 15.0. The molecule has 3 fully saturated rings. The van der Waals surface area contributed by atoms with Crippen LogP contribution in [-0.4, -0.2) is 29.3 Å². The zero-order valence-corrected chi connectivity index (χ0v) is 18.3. The van der Waals surface area contributed by atoms with Crippen LogP contribution in [0.4, 0.5) is 5.69 Å². The van der Waals surface area contributed by atoms with Gasteiger partial charge in [-0.2, -0.15) is 0 Å². The second kappa shape index (κ2) is 6.89. The van der Waals surface area contributed by atoms with Crippen LogP contribution in [0.5, 0.6) is 0 Å². The molecular formula is C25H21BrN2O3. The number of halogens is 1. The summed E-state index contributed by atoms with van der Waals surface area (Å²) in [6.07, 6.45) is 5.46. The van der Waals surface area contributed by atoms with Crippen molar-refractivity contribution in [1.82, 2.24) is 4.90 Å². The highest BCUT2D eigenvalue weighted by Crippen LogP contribution is 2.65. The lowest BCUT2D eigenvalue weighted by molar-refractivity contribution is -0.140. The minimum absolute atomic E-state index is 0.0572. The van der Waals surface area contributed by atoms with E-state index in [1.807, 2.05) is 42.5 Å². The number of amides is 3. The Labute approximate surface area is 188 Å². The number of carbonyl (C=O) groups is 3. The molecule has 2 aromatic rings. The highest BCUT2D eigenvalue weighted by Gasteiger charge is 2.67. The number of hydrogen-bond donors (Lipinski definition) is 0. The van der Waals surface area contributed by atoms with E-state index in [4.69, 9.17) is 0 Å². The largest absolute Gasteiger partial charge is 0.290 e. The van der Waals surface area contributed by atoms with Crippen LogP contribution in [0.15, 0.2) is 71.2 Å². The summed E-state index contributed by atoms with van der Waals surface area (Å²) < 4.78 is 0.880. The summed E-state index contributed by atoms with van der Waals surface area (Å²) in [6, 6.07) is 16.3.